The van der Waals surface area contributed by atoms with Crippen molar-refractivity contribution in [3.05, 3.63) is 29.3 Å². The van der Waals surface area contributed by atoms with E-state index in [1.165, 1.54) is 10.6 Å². The lowest BCUT2D eigenvalue weighted by Gasteiger charge is -2.33. The largest absolute Gasteiger partial charge is 0.360 e. The molecule has 3 saturated heterocycles. The number of hydrogen-bond acceptors (Lipinski definition) is 3. The summed E-state index contributed by atoms with van der Waals surface area (Å²) in [6.45, 7) is 6.73. The van der Waals surface area contributed by atoms with Gasteiger partial charge in [-0.05, 0) is 43.9 Å². The van der Waals surface area contributed by atoms with Gasteiger partial charge < -0.3 is 14.7 Å². The van der Waals surface area contributed by atoms with E-state index in [0.29, 0.717) is 6.54 Å². The van der Waals surface area contributed by atoms with E-state index in [1.54, 1.807) is 9.80 Å². The molecule has 3 heterocycles. The number of nitrogens with one attached hydrogen (secondary N) is 1. The Hall–Kier alpha value is -1.79. The highest BCUT2D eigenvalue weighted by Crippen LogP contribution is 2.27. The van der Waals surface area contributed by atoms with Crippen LogP contribution in [0.3, 0.4) is 0 Å². The fraction of sp³-hybridized carbons (Fsp3) is 0.600. The lowest BCUT2D eigenvalue weighted by molar-refractivity contribution is -0.900. The van der Waals surface area contributed by atoms with Gasteiger partial charge in [0, 0.05) is 23.8 Å². The molecule has 3 aliphatic rings. The Morgan fingerprint density at radius 3 is 2.67 bits per heavy atom. The van der Waals surface area contributed by atoms with Gasteiger partial charge in [-0.3, -0.25) is 9.69 Å². The molecule has 0 unspecified atom stereocenters. The van der Waals surface area contributed by atoms with Gasteiger partial charge in [-0.2, -0.15) is 0 Å². The molecule has 0 aliphatic carbocycles. The number of imide groups is 1. The van der Waals surface area contributed by atoms with E-state index in [-0.39, 0.29) is 18.0 Å². The fourth-order valence-electron chi connectivity index (χ4n) is 4.54. The van der Waals surface area contributed by atoms with Crippen LogP contribution >= 0.6 is 11.6 Å². The molecule has 0 spiro atoms. The number of anilines is 1. The van der Waals surface area contributed by atoms with Crippen LogP contribution in [0.4, 0.5) is 10.5 Å². The minimum absolute atomic E-state index is 0.0278. The number of unbranched alkanes of at least 4 members (excludes halogenated alkanes) is 1. The van der Waals surface area contributed by atoms with E-state index < -0.39 is 0 Å². The molecule has 0 aromatic heterocycles. The molecule has 0 bridgehead atoms. The van der Waals surface area contributed by atoms with Crippen molar-refractivity contribution in [1.29, 1.82) is 0 Å². The van der Waals surface area contributed by atoms with Crippen molar-refractivity contribution in [2.45, 2.75) is 31.7 Å². The van der Waals surface area contributed by atoms with Crippen LogP contribution < -0.4 is 9.80 Å². The maximum absolute atomic E-state index is 12.3. The van der Waals surface area contributed by atoms with Crippen LogP contribution in [0, 0.1) is 0 Å². The SMILES string of the molecule is O=C1[C@H]2CCCN2C(=O)N1CCCC[NH+]1CCN(c2cccc(Cl)c2)CC1. The predicted molar refractivity (Wildman–Crippen MR) is 105 cm³/mol. The molecule has 1 N–H and O–H groups in total. The first kappa shape index (κ1) is 18.6. The van der Waals surface area contributed by atoms with Crippen LogP contribution in [-0.2, 0) is 4.79 Å². The van der Waals surface area contributed by atoms with Crippen LogP contribution in [0.1, 0.15) is 25.7 Å². The Labute approximate surface area is 165 Å². The van der Waals surface area contributed by atoms with Gasteiger partial charge in [0.25, 0.3) is 5.91 Å². The second-order valence-corrected chi connectivity index (χ2v) is 8.23. The summed E-state index contributed by atoms with van der Waals surface area (Å²) >= 11 is 6.10. The van der Waals surface area contributed by atoms with Crippen LogP contribution in [0.25, 0.3) is 0 Å². The number of rotatable bonds is 6. The number of benzene rings is 1. The molecule has 4 rings (SSSR count). The first-order chi connectivity index (χ1) is 13.1. The smallest absolute Gasteiger partial charge is 0.327 e. The molecule has 0 radical (unpaired) electrons. The summed E-state index contributed by atoms with van der Waals surface area (Å²) in [5.74, 6) is 0.0278. The Balaban J connectivity index is 1.17. The van der Waals surface area contributed by atoms with E-state index in [0.717, 1.165) is 70.0 Å². The van der Waals surface area contributed by atoms with E-state index >= 15 is 0 Å². The Kier molecular flexibility index (Phi) is 5.55. The molecule has 27 heavy (non-hydrogen) atoms. The van der Waals surface area contributed by atoms with Crippen LogP contribution in [0.5, 0.6) is 0 Å². The molecule has 6 nitrogen and oxygen atoms in total. The number of carbonyl (C=O) groups is 2. The highest BCUT2D eigenvalue weighted by Gasteiger charge is 2.46. The number of fused-ring (bicyclic) bond motifs is 1. The quantitative estimate of drug-likeness (QED) is 0.586. The van der Waals surface area contributed by atoms with E-state index in [1.807, 2.05) is 18.2 Å². The van der Waals surface area contributed by atoms with Gasteiger partial charge in [0.05, 0.1) is 32.7 Å². The number of urea groups is 1. The number of nitrogens with zero attached hydrogens (tertiary/aromatic N) is 3. The molecule has 7 heteroatoms. The van der Waals surface area contributed by atoms with Crippen LogP contribution in [-0.4, -0.2) is 73.6 Å². The van der Waals surface area contributed by atoms with Gasteiger partial charge in [0.2, 0.25) is 0 Å². The normalized spacial score (nSPS) is 23.4. The number of piperazine rings is 1. The molecule has 0 saturated carbocycles. The first-order valence-corrected chi connectivity index (χ1v) is 10.5. The van der Waals surface area contributed by atoms with Gasteiger partial charge in [0.15, 0.2) is 0 Å². The van der Waals surface area contributed by atoms with Crippen molar-refractivity contribution >= 4 is 29.2 Å². The summed E-state index contributed by atoms with van der Waals surface area (Å²) in [6, 6.07) is 7.83. The number of halogens is 1. The summed E-state index contributed by atoms with van der Waals surface area (Å²) in [4.78, 5) is 31.9. The van der Waals surface area contributed by atoms with E-state index in [2.05, 4.69) is 11.0 Å². The second-order valence-electron chi connectivity index (χ2n) is 7.80. The summed E-state index contributed by atoms with van der Waals surface area (Å²) < 4.78 is 0. The maximum Gasteiger partial charge on any atom is 0.327 e. The van der Waals surface area contributed by atoms with Crippen molar-refractivity contribution in [3.8, 4) is 0 Å². The molecular formula is C20H28ClN4O2+. The lowest BCUT2D eigenvalue weighted by Crippen LogP contribution is -3.14. The third kappa shape index (κ3) is 3.92. The van der Waals surface area contributed by atoms with E-state index in [4.69, 9.17) is 11.6 Å². The summed E-state index contributed by atoms with van der Waals surface area (Å²) in [5.41, 5.74) is 1.20. The zero-order valence-corrected chi connectivity index (χ0v) is 16.5. The fourth-order valence-corrected chi connectivity index (χ4v) is 4.72. The molecular weight excluding hydrogens is 364 g/mol. The predicted octanol–water partition coefficient (Wildman–Crippen LogP) is 1.25. The third-order valence-corrected chi connectivity index (χ3v) is 6.32. The van der Waals surface area contributed by atoms with E-state index in [9.17, 15) is 9.59 Å². The van der Waals surface area contributed by atoms with Crippen molar-refractivity contribution in [2.75, 3.05) is 50.7 Å². The first-order valence-electron chi connectivity index (χ1n) is 10.1. The topological polar surface area (TPSA) is 48.3 Å². The molecule has 1 atom stereocenters. The molecule has 1 aromatic rings. The lowest BCUT2D eigenvalue weighted by atomic mass is 10.2. The Morgan fingerprint density at radius 1 is 1.11 bits per heavy atom. The van der Waals surface area contributed by atoms with Gasteiger partial charge in [-0.15, -0.1) is 0 Å². The standard InChI is InChI=1S/C20H27ClN4O2/c21-16-5-3-6-17(15-16)23-13-11-22(12-14-23)8-1-2-9-25-19(26)18-7-4-10-24(18)20(25)27/h3,5-6,15,18H,1-2,4,7-14H2/p+1/t18-/m1/s1. The van der Waals surface area contributed by atoms with Gasteiger partial charge in [-0.25, -0.2) is 4.79 Å². The monoisotopic (exact) mass is 391 g/mol. The molecule has 146 valence electrons. The Morgan fingerprint density at radius 2 is 1.93 bits per heavy atom. The summed E-state index contributed by atoms with van der Waals surface area (Å²) in [5, 5.41) is 0.786. The van der Waals surface area contributed by atoms with Crippen molar-refractivity contribution in [2.24, 2.45) is 0 Å². The maximum atomic E-state index is 12.3. The van der Waals surface area contributed by atoms with Crippen LogP contribution in [0.15, 0.2) is 24.3 Å². The van der Waals surface area contributed by atoms with Crippen LogP contribution in [0.2, 0.25) is 5.02 Å². The molecule has 3 aliphatic heterocycles. The zero-order chi connectivity index (χ0) is 18.8. The second kappa shape index (κ2) is 8.07. The number of carbonyl (C=O) groups excluding carboxylic acids is 2. The molecule has 3 amide bonds. The van der Waals surface area contributed by atoms with Gasteiger partial charge in [-0.1, -0.05) is 17.7 Å². The molecule has 1 aromatic carbocycles. The van der Waals surface area contributed by atoms with Gasteiger partial charge >= 0.3 is 6.03 Å². The summed E-state index contributed by atoms with van der Waals surface area (Å²) in [6.07, 6.45) is 3.75. The minimum Gasteiger partial charge on any atom is -0.360 e. The highest BCUT2D eigenvalue weighted by molar-refractivity contribution is 6.30. The minimum atomic E-state index is -0.164. The number of amides is 3. The van der Waals surface area contributed by atoms with Gasteiger partial charge in [0.1, 0.15) is 6.04 Å². The number of hydrogen-bond donors (Lipinski definition) is 1. The number of quaternary nitrogens is 1. The van der Waals surface area contributed by atoms with Crippen molar-refractivity contribution < 1.29 is 14.5 Å². The Bertz CT molecular complexity index is 683. The third-order valence-electron chi connectivity index (χ3n) is 6.09. The van der Waals surface area contributed by atoms with Crippen molar-refractivity contribution in [3.63, 3.8) is 0 Å². The summed E-state index contributed by atoms with van der Waals surface area (Å²) in [7, 11) is 0. The van der Waals surface area contributed by atoms with Crippen molar-refractivity contribution in [1.82, 2.24) is 9.80 Å². The highest BCUT2D eigenvalue weighted by atomic mass is 35.5. The average molecular weight is 392 g/mol. The molecule has 3 fully saturated rings. The average Bonchev–Trinajstić information content (AvgIpc) is 3.24. The zero-order valence-electron chi connectivity index (χ0n) is 15.7.